The van der Waals surface area contributed by atoms with Crippen molar-refractivity contribution in [3.63, 3.8) is 0 Å². The topological polar surface area (TPSA) is 98.8 Å². The molecule has 0 fully saturated rings. The van der Waals surface area contributed by atoms with Crippen LogP contribution >= 0.6 is 11.3 Å². The van der Waals surface area contributed by atoms with Gasteiger partial charge in [0, 0.05) is 18.9 Å². The molecule has 30 heavy (non-hydrogen) atoms. The van der Waals surface area contributed by atoms with Crippen LogP contribution in [0, 0.1) is 0 Å². The normalized spacial score (nSPS) is 12.2. The number of nitrogens with one attached hydrogen (secondary N) is 1. The molecule has 0 aliphatic heterocycles. The van der Waals surface area contributed by atoms with E-state index < -0.39 is 6.04 Å². The van der Waals surface area contributed by atoms with Gasteiger partial charge in [0.05, 0.1) is 5.69 Å². The number of hydrogen-bond donors (Lipinski definition) is 2. The second kappa shape index (κ2) is 9.71. The molecule has 8 heteroatoms. The molecule has 0 spiro atoms. The maximum absolute atomic E-state index is 6.40. The maximum atomic E-state index is 6.40. The lowest BCUT2D eigenvalue weighted by Gasteiger charge is -2.10. The molecule has 1 atom stereocenters. The summed E-state index contributed by atoms with van der Waals surface area (Å²) >= 11 is 1.47. The Balaban J connectivity index is 1.43. The van der Waals surface area contributed by atoms with Crippen LogP contribution in [-0.4, -0.2) is 26.5 Å². The molecule has 0 saturated carbocycles. The van der Waals surface area contributed by atoms with Gasteiger partial charge in [-0.3, -0.25) is 0 Å². The number of pyridine rings is 1. The van der Waals surface area contributed by atoms with E-state index in [0.29, 0.717) is 18.3 Å². The summed E-state index contributed by atoms with van der Waals surface area (Å²) in [6, 6.07) is 13.7. The van der Waals surface area contributed by atoms with E-state index in [1.165, 1.54) is 16.9 Å². The van der Waals surface area contributed by atoms with E-state index in [-0.39, 0.29) is 0 Å². The fourth-order valence-corrected chi connectivity index (χ4v) is 3.95. The van der Waals surface area contributed by atoms with Gasteiger partial charge in [0.2, 0.25) is 0 Å². The number of aromatic nitrogens is 4. The van der Waals surface area contributed by atoms with Crippen LogP contribution in [0.2, 0.25) is 0 Å². The van der Waals surface area contributed by atoms with Crippen molar-refractivity contribution in [1.82, 2.24) is 25.3 Å². The Morgan fingerprint density at radius 1 is 1.07 bits per heavy atom. The van der Waals surface area contributed by atoms with Gasteiger partial charge in [0.1, 0.15) is 28.0 Å². The van der Waals surface area contributed by atoms with Crippen LogP contribution in [0.25, 0.3) is 10.3 Å². The first-order chi connectivity index (χ1) is 14.7. The summed E-state index contributed by atoms with van der Waals surface area (Å²) in [5.41, 5.74) is 10.2. The molecule has 3 heterocycles. The average Bonchev–Trinajstić information content (AvgIpc) is 3.22. The van der Waals surface area contributed by atoms with Gasteiger partial charge in [-0.25, -0.2) is 15.0 Å². The van der Waals surface area contributed by atoms with Crippen LogP contribution in [0.15, 0.2) is 54.9 Å². The van der Waals surface area contributed by atoms with E-state index in [1.54, 1.807) is 18.5 Å². The van der Waals surface area contributed by atoms with Gasteiger partial charge in [-0.1, -0.05) is 42.5 Å². The summed E-state index contributed by atoms with van der Waals surface area (Å²) in [4.78, 5) is 18.5. The molecule has 0 amide bonds. The average molecular weight is 421 g/mol. The lowest BCUT2D eigenvalue weighted by atomic mass is 10.1. The maximum Gasteiger partial charge on any atom is 0.316 e. The molecule has 0 bridgehead atoms. The summed E-state index contributed by atoms with van der Waals surface area (Å²) in [6.45, 7) is 4.41. The molecular formula is C22H24N6OS. The van der Waals surface area contributed by atoms with Gasteiger partial charge in [-0.15, -0.1) is 0 Å². The minimum Gasteiger partial charge on any atom is -0.459 e. The van der Waals surface area contributed by atoms with Crippen LogP contribution in [0.5, 0.6) is 6.01 Å². The zero-order valence-electron chi connectivity index (χ0n) is 16.8. The summed E-state index contributed by atoms with van der Waals surface area (Å²) in [5, 5.41) is 4.17. The minimum absolute atomic E-state index is 0.302. The molecule has 0 radical (unpaired) electrons. The fourth-order valence-electron chi connectivity index (χ4n) is 3.03. The zero-order chi connectivity index (χ0) is 20.8. The second-order valence-corrected chi connectivity index (χ2v) is 7.92. The molecule has 1 aromatic carbocycles. The number of benzene rings is 1. The Bertz CT molecular complexity index is 1080. The number of nitrogens with zero attached hydrogens (tertiary/aromatic N) is 4. The van der Waals surface area contributed by atoms with Crippen molar-refractivity contribution in [1.29, 1.82) is 0 Å². The number of ether oxygens (including phenoxy) is 1. The lowest BCUT2D eigenvalue weighted by molar-refractivity contribution is 0.279. The van der Waals surface area contributed by atoms with Gasteiger partial charge in [-0.05, 0) is 42.3 Å². The second-order valence-electron chi connectivity index (χ2n) is 6.91. The smallest absolute Gasteiger partial charge is 0.316 e. The number of fused-ring (bicyclic) bond motifs is 1. The van der Waals surface area contributed by atoms with E-state index in [0.717, 1.165) is 40.4 Å². The van der Waals surface area contributed by atoms with Crippen LogP contribution in [0.3, 0.4) is 0 Å². The number of nitrogens with two attached hydrogens (primary N) is 1. The summed E-state index contributed by atoms with van der Waals surface area (Å²) < 4.78 is 5.83. The zero-order valence-corrected chi connectivity index (χ0v) is 17.6. The van der Waals surface area contributed by atoms with Crippen molar-refractivity contribution >= 4 is 21.7 Å². The largest absolute Gasteiger partial charge is 0.459 e. The SMILES string of the molecule is CCCNCc1cccc(COc2nccc(C(N)c3nc4cccnc4s3)n2)c1. The Morgan fingerprint density at radius 3 is 2.83 bits per heavy atom. The van der Waals surface area contributed by atoms with Crippen molar-refractivity contribution in [3.05, 3.63) is 76.7 Å². The molecule has 1 unspecified atom stereocenters. The highest BCUT2D eigenvalue weighted by molar-refractivity contribution is 7.18. The minimum atomic E-state index is -0.456. The highest BCUT2D eigenvalue weighted by Crippen LogP contribution is 2.27. The Hall–Kier alpha value is -2.94. The highest BCUT2D eigenvalue weighted by atomic mass is 32.1. The van der Waals surface area contributed by atoms with Gasteiger partial charge in [0.25, 0.3) is 0 Å². The molecule has 0 saturated heterocycles. The first-order valence-electron chi connectivity index (χ1n) is 9.94. The molecule has 3 N–H and O–H groups in total. The van der Waals surface area contributed by atoms with Crippen molar-refractivity contribution in [2.75, 3.05) is 6.54 Å². The van der Waals surface area contributed by atoms with Crippen LogP contribution in [0.4, 0.5) is 0 Å². The van der Waals surface area contributed by atoms with E-state index in [2.05, 4.69) is 44.3 Å². The van der Waals surface area contributed by atoms with Crippen molar-refractivity contribution in [3.8, 4) is 6.01 Å². The summed E-state index contributed by atoms with van der Waals surface area (Å²) in [6.07, 6.45) is 4.53. The van der Waals surface area contributed by atoms with Crippen LogP contribution in [0.1, 0.15) is 41.2 Å². The Labute approximate surface area is 179 Å². The molecular weight excluding hydrogens is 396 g/mol. The first-order valence-corrected chi connectivity index (χ1v) is 10.8. The Morgan fingerprint density at radius 2 is 1.97 bits per heavy atom. The molecule has 4 rings (SSSR count). The standard InChI is InChI=1S/C22H24N6OS/c1-2-9-24-13-15-5-3-6-16(12-15)14-29-22-26-11-8-17(28-22)19(23)21-27-18-7-4-10-25-20(18)30-21/h3-8,10-12,19,24H,2,9,13-14,23H2,1H3. The fraction of sp³-hybridized carbons (Fsp3) is 0.273. The number of hydrogen-bond acceptors (Lipinski definition) is 8. The van der Waals surface area contributed by atoms with Crippen molar-refractivity contribution in [2.45, 2.75) is 32.5 Å². The van der Waals surface area contributed by atoms with Gasteiger partial charge in [-0.2, -0.15) is 4.98 Å². The van der Waals surface area contributed by atoms with Crippen LogP contribution < -0.4 is 15.8 Å². The lowest BCUT2D eigenvalue weighted by Crippen LogP contribution is -2.14. The molecule has 4 aromatic rings. The molecule has 0 aliphatic carbocycles. The third-order valence-corrected chi connectivity index (χ3v) is 5.60. The highest BCUT2D eigenvalue weighted by Gasteiger charge is 2.17. The monoisotopic (exact) mass is 420 g/mol. The molecule has 3 aromatic heterocycles. The predicted molar refractivity (Wildman–Crippen MR) is 118 cm³/mol. The predicted octanol–water partition coefficient (Wildman–Crippen LogP) is 3.61. The Kier molecular flexibility index (Phi) is 6.58. The molecule has 7 nitrogen and oxygen atoms in total. The molecule has 0 aliphatic rings. The van der Waals surface area contributed by atoms with Gasteiger partial charge >= 0.3 is 6.01 Å². The van der Waals surface area contributed by atoms with E-state index >= 15 is 0 Å². The molecule has 154 valence electrons. The number of rotatable bonds is 9. The van der Waals surface area contributed by atoms with E-state index in [1.807, 2.05) is 24.3 Å². The van der Waals surface area contributed by atoms with Crippen LogP contribution in [-0.2, 0) is 13.2 Å². The van der Waals surface area contributed by atoms with Gasteiger partial charge in [0.15, 0.2) is 0 Å². The third-order valence-electron chi connectivity index (χ3n) is 4.54. The quantitative estimate of drug-likeness (QED) is 0.399. The van der Waals surface area contributed by atoms with E-state index in [4.69, 9.17) is 10.5 Å². The first kappa shape index (κ1) is 20.3. The van der Waals surface area contributed by atoms with E-state index in [9.17, 15) is 0 Å². The number of thiazole rings is 1. The summed E-state index contributed by atoms with van der Waals surface area (Å²) in [5.74, 6) is 0. The van der Waals surface area contributed by atoms with Gasteiger partial charge < -0.3 is 15.8 Å². The third kappa shape index (κ3) is 4.96. The van der Waals surface area contributed by atoms with Crippen molar-refractivity contribution < 1.29 is 4.74 Å². The van der Waals surface area contributed by atoms with Crippen molar-refractivity contribution in [2.24, 2.45) is 5.73 Å². The summed E-state index contributed by atoms with van der Waals surface area (Å²) in [7, 11) is 0.